The summed E-state index contributed by atoms with van der Waals surface area (Å²) >= 11 is 0. The van der Waals surface area contributed by atoms with Crippen molar-refractivity contribution in [2.24, 2.45) is 0 Å². The number of hydrogen-bond acceptors (Lipinski definition) is 6. The number of anilines is 3. The fourth-order valence-electron chi connectivity index (χ4n) is 2.39. The van der Waals surface area contributed by atoms with Crippen LogP contribution >= 0.6 is 0 Å². The number of aromatic nitrogens is 3. The molecule has 0 atom stereocenters. The number of benzene rings is 1. The summed E-state index contributed by atoms with van der Waals surface area (Å²) in [5, 5.41) is 9.64. The summed E-state index contributed by atoms with van der Waals surface area (Å²) in [6.45, 7) is 5.95. The quantitative estimate of drug-likeness (QED) is 0.733. The maximum Gasteiger partial charge on any atom is 0.274 e. The molecule has 128 valence electrons. The van der Waals surface area contributed by atoms with Crippen LogP contribution in [0.3, 0.4) is 0 Å². The topological polar surface area (TPSA) is 92.9 Å². The molecule has 0 saturated carbocycles. The minimum absolute atomic E-state index is 0.260. The first kappa shape index (κ1) is 16.6. The van der Waals surface area contributed by atoms with Gasteiger partial charge in [-0.3, -0.25) is 4.79 Å². The lowest BCUT2D eigenvalue weighted by Crippen LogP contribution is -2.16. The standard InChI is InChI=1S/C18H19N5O2/c1-11(2)13-6-4-5-7-14(13)20-17(24)15-8-9-19-18(21-15)22-16-10-12(3)25-23-16/h4-11H,1-3H3,(H,20,24)(H,19,21,22,23). The van der Waals surface area contributed by atoms with Gasteiger partial charge in [0.15, 0.2) is 5.82 Å². The van der Waals surface area contributed by atoms with Gasteiger partial charge in [0, 0.05) is 18.0 Å². The van der Waals surface area contributed by atoms with E-state index in [0.29, 0.717) is 17.5 Å². The molecule has 3 aromatic rings. The predicted molar refractivity (Wildman–Crippen MR) is 95.0 cm³/mol. The van der Waals surface area contributed by atoms with Crippen LogP contribution in [-0.2, 0) is 0 Å². The van der Waals surface area contributed by atoms with E-state index in [9.17, 15) is 4.79 Å². The van der Waals surface area contributed by atoms with Crippen LogP contribution in [0.1, 0.15) is 41.6 Å². The summed E-state index contributed by atoms with van der Waals surface area (Å²) in [5.74, 6) is 1.43. The van der Waals surface area contributed by atoms with Crippen LogP contribution in [-0.4, -0.2) is 21.0 Å². The van der Waals surface area contributed by atoms with E-state index in [-0.39, 0.29) is 17.5 Å². The van der Waals surface area contributed by atoms with Gasteiger partial charge < -0.3 is 15.2 Å². The van der Waals surface area contributed by atoms with Crippen LogP contribution in [0.4, 0.5) is 17.5 Å². The van der Waals surface area contributed by atoms with Gasteiger partial charge in [0.2, 0.25) is 5.95 Å². The van der Waals surface area contributed by atoms with Crippen molar-refractivity contribution in [1.29, 1.82) is 0 Å². The summed E-state index contributed by atoms with van der Waals surface area (Å²) in [6, 6.07) is 11.0. The van der Waals surface area contributed by atoms with Crippen LogP contribution in [0.25, 0.3) is 0 Å². The van der Waals surface area contributed by atoms with Crippen molar-refractivity contribution in [3.8, 4) is 0 Å². The number of rotatable bonds is 5. The number of para-hydroxylation sites is 1. The number of carbonyl (C=O) groups excluding carboxylic acids is 1. The van der Waals surface area contributed by atoms with Crippen molar-refractivity contribution in [2.45, 2.75) is 26.7 Å². The zero-order chi connectivity index (χ0) is 17.8. The third-order valence-electron chi connectivity index (χ3n) is 3.59. The first-order valence-electron chi connectivity index (χ1n) is 7.96. The molecule has 7 heteroatoms. The second kappa shape index (κ2) is 7.12. The molecule has 0 fully saturated rings. The molecule has 2 N–H and O–H groups in total. The lowest BCUT2D eigenvalue weighted by atomic mass is 10.0. The fraction of sp³-hybridized carbons (Fsp3) is 0.222. The van der Waals surface area contributed by atoms with Crippen LogP contribution in [0, 0.1) is 6.92 Å². The van der Waals surface area contributed by atoms with Gasteiger partial charge in [0.25, 0.3) is 5.91 Å². The number of aryl methyl sites for hydroxylation is 1. The van der Waals surface area contributed by atoms with Crippen LogP contribution < -0.4 is 10.6 Å². The molecule has 0 aliphatic carbocycles. The van der Waals surface area contributed by atoms with Gasteiger partial charge in [-0.1, -0.05) is 37.2 Å². The highest BCUT2D eigenvalue weighted by Gasteiger charge is 2.13. The van der Waals surface area contributed by atoms with Crippen molar-refractivity contribution in [3.05, 3.63) is 59.6 Å². The van der Waals surface area contributed by atoms with Gasteiger partial charge in [0.1, 0.15) is 11.5 Å². The van der Waals surface area contributed by atoms with Crippen molar-refractivity contribution in [3.63, 3.8) is 0 Å². The molecule has 0 saturated heterocycles. The van der Waals surface area contributed by atoms with Crippen molar-refractivity contribution < 1.29 is 9.32 Å². The van der Waals surface area contributed by atoms with Crippen LogP contribution in [0.15, 0.2) is 47.1 Å². The highest BCUT2D eigenvalue weighted by Crippen LogP contribution is 2.24. The average Bonchev–Trinajstić information content (AvgIpc) is 3.00. The molecule has 0 spiro atoms. The van der Waals surface area contributed by atoms with Crippen molar-refractivity contribution in [1.82, 2.24) is 15.1 Å². The third kappa shape index (κ3) is 4.00. The van der Waals surface area contributed by atoms with Gasteiger partial charge >= 0.3 is 0 Å². The van der Waals surface area contributed by atoms with E-state index in [4.69, 9.17) is 4.52 Å². The Hall–Kier alpha value is -3.22. The maximum atomic E-state index is 12.5. The van der Waals surface area contributed by atoms with Crippen LogP contribution in [0.2, 0.25) is 0 Å². The number of carbonyl (C=O) groups is 1. The first-order valence-corrected chi connectivity index (χ1v) is 7.96. The molecule has 7 nitrogen and oxygen atoms in total. The predicted octanol–water partition coefficient (Wildman–Crippen LogP) is 3.89. The maximum absolute atomic E-state index is 12.5. The molecule has 1 aromatic carbocycles. The van der Waals surface area contributed by atoms with Crippen LogP contribution in [0.5, 0.6) is 0 Å². The monoisotopic (exact) mass is 337 g/mol. The van der Waals surface area contributed by atoms with Gasteiger partial charge in [-0.05, 0) is 30.5 Å². The molecular formula is C18H19N5O2. The van der Waals surface area contributed by atoms with Gasteiger partial charge in [-0.15, -0.1) is 0 Å². The molecule has 0 radical (unpaired) electrons. The van der Waals surface area contributed by atoms with Crippen molar-refractivity contribution in [2.75, 3.05) is 10.6 Å². The Balaban J connectivity index is 1.78. The van der Waals surface area contributed by atoms with E-state index >= 15 is 0 Å². The zero-order valence-electron chi connectivity index (χ0n) is 14.3. The van der Waals surface area contributed by atoms with E-state index in [1.54, 1.807) is 19.1 Å². The molecule has 2 heterocycles. The van der Waals surface area contributed by atoms with Gasteiger partial charge in [-0.2, -0.15) is 0 Å². The molecule has 2 aromatic heterocycles. The second-order valence-electron chi connectivity index (χ2n) is 5.91. The molecular weight excluding hydrogens is 318 g/mol. The highest BCUT2D eigenvalue weighted by atomic mass is 16.5. The Kier molecular flexibility index (Phi) is 4.74. The summed E-state index contributed by atoms with van der Waals surface area (Å²) in [7, 11) is 0. The first-order chi connectivity index (χ1) is 12.0. The molecule has 0 aliphatic heterocycles. The Morgan fingerprint density at radius 2 is 2.00 bits per heavy atom. The summed E-state index contributed by atoms with van der Waals surface area (Å²) in [5.41, 5.74) is 2.11. The number of nitrogens with one attached hydrogen (secondary N) is 2. The van der Waals surface area contributed by atoms with E-state index in [1.807, 2.05) is 24.3 Å². The smallest absolute Gasteiger partial charge is 0.274 e. The molecule has 0 aliphatic rings. The summed E-state index contributed by atoms with van der Waals surface area (Å²) < 4.78 is 4.98. The minimum atomic E-state index is -0.296. The van der Waals surface area contributed by atoms with E-state index in [0.717, 1.165) is 11.3 Å². The number of hydrogen-bond donors (Lipinski definition) is 2. The van der Waals surface area contributed by atoms with E-state index < -0.39 is 0 Å². The summed E-state index contributed by atoms with van der Waals surface area (Å²) in [4.78, 5) is 20.9. The Morgan fingerprint density at radius 3 is 2.72 bits per heavy atom. The number of nitrogens with zero attached hydrogens (tertiary/aromatic N) is 3. The lowest BCUT2D eigenvalue weighted by Gasteiger charge is -2.13. The molecule has 3 rings (SSSR count). The Morgan fingerprint density at radius 1 is 1.20 bits per heavy atom. The third-order valence-corrected chi connectivity index (χ3v) is 3.59. The zero-order valence-corrected chi connectivity index (χ0v) is 14.3. The molecule has 0 bridgehead atoms. The van der Waals surface area contributed by atoms with E-state index in [1.165, 1.54) is 6.20 Å². The van der Waals surface area contributed by atoms with E-state index in [2.05, 4.69) is 39.6 Å². The van der Waals surface area contributed by atoms with Crippen molar-refractivity contribution >= 4 is 23.4 Å². The molecule has 0 unspecified atom stereocenters. The fourth-order valence-corrected chi connectivity index (χ4v) is 2.39. The lowest BCUT2D eigenvalue weighted by molar-refractivity contribution is 0.102. The largest absolute Gasteiger partial charge is 0.360 e. The molecule has 1 amide bonds. The Labute approximate surface area is 145 Å². The Bertz CT molecular complexity index is 888. The normalized spacial score (nSPS) is 10.7. The van der Waals surface area contributed by atoms with Gasteiger partial charge in [0.05, 0.1) is 0 Å². The number of amides is 1. The SMILES string of the molecule is Cc1cc(Nc2nccc(C(=O)Nc3ccccc3C(C)C)n2)no1. The minimum Gasteiger partial charge on any atom is -0.360 e. The highest BCUT2D eigenvalue weighted by molar-refractivity contribution is 6.03. The summed E-state index contributed by atoms with van der Waals surface area (Å²) in [6.07, 6.45) is 1.52. The average molecular weight is 337 g/mol. The molecule has 25 heavy (non-hydrogen) atoms. The van der Waals surface area contributed by atoms with Gasteiger partial charge in [-0.25, -0.2) is 9.97 Å². The second-order valence-corrected chi connectivity index (χ2v) is 5.91.